The Morgan fingerprint density at radius 2 is 2.28 bits per heavy atom. The van der Waals surface area contributed by atoms with Crippen molar-refractivity contribution in [3.8, 4) is 0 Å². The van der Waals surface area contributed by atoms with E-state index in [-0.39, 0.29) is 16.1 Å². The van der Waals surface area contributed by atoms with E-state index in [0.29, 0.717) is 13.1 Å². The molecule has 1 aliphatic rings. The maximum Gasteiger partial charge on any atom is 0.261 e. The molecule has 0 aromatic carbocycles. The van der Waals surface area contributed by atoms with Gasteiger partial charge in [0.05, 0.1) is 11.2 Å². The van der Waals surface area contributed by atoms with E-state index >= 15 is 0 Å². The van der Waals surface area contributed by atoms with E-state index in [9.17, 15) is 8.42 Å². The number of likely N-dealkylation sites (N-methyl/N-ethyl adjacent to an activating group) is 1. The van der Waals surface area contributed by atoms with Crippen molar-refractivity contribution in [2.45, 2.75) is 23.9 Å². The van der Waals surface area contributed by atoms with E-state index in [2.05, 4.69) is 10.4 Å². The highest BCUT2D eigenvalue weighted by molar-refractivity contribution is 7.89. The van der Waals surface area contributed by atoms with Gasteiger partial charge < -0.3 is 5.32 Å². The first-order valence-corrected chi connectivity index (χ1v) is 7.63. The third-order valence-corrected chi connectivity index (χ3v) is 5.59. The maximum absolute atomic E-state index is 12.5. The topological polar surface area (TPSA) is 67.2 Å². The van der Waals surface area contributed by atoms with Crippen LogP contribution in [0.2, 0.25) is 5.02 Å². The van der Waals surface area contributed by atoms with Crippen LogP contribution in [-0.4, -0.2) is 48.7 Å². The average Bonchev–Trinajstić information content (AvgIpc) is 2.69. The van der Waals surface area contributed by atoms with Crippen molar-refractivity contribution < 1.29 is 8.42 Å². The maximum atomic E-state index is 12.5. The van der Waals surface area contributed by atoms with Gasteiger partial charge in [-0.05, 0) is 19.9 Å². The van der Waals surface area contributed by atoms with Gasteiger partial charge in [0.15, 0.2) is 5.03 Å². The van der Waals surface area contributed by atoms with E-state index in [1.54, 1.807) is 7.05 Å². The molecule has 6 nitrogen and oxygen atoms in total. The van der Waals surface area contributed by atoms with Crippen LogP contribution in [0.5, 0.6) is 0 Å². The first-order chi connectivity index (χ1) is 8.46. The number of rotatable bonds is 3. The monoisotopic (exact) mass is 292 g/mol. The smallest absolute Gasteiger partial charge is 0.261 e. The molecule has 2 rings (SSSR count). The van der Waals surface area contributed by atoms with Gasteiger partial charge in [0.2, 0.25) is 0 Å². The molecular formula is C10H17ClN4O2S. The molecule has 18 heavy (non-hydrogen) atoms. The predicted octanol–water partition coefficient (Wildman–Crippen LogP) is 0.446. The van der Waals surface area contributed by atoms with E-state index < -0.39 is 10.0 Å². The molecule has 1 atom stereocenters. The van der Waals surface area contributed by atoms with Gasteiger partial charge >= 0.3 is 0 Å². The first kappa shape index (κ1) is 13.8. The van der Waals surface area contributed by atoms with Gasteiger partial charge in [-0.3, -0.25) is 4.68 Å². The van der Waals surface area contributed by atoms with E-state index in [1.165, 1.54) is 15.2 Å². The van der Waals surface area contributed by atoms with Gasteiger partial charge in [0, 0.05) is 26.2 Å². The Morgan fingerprint density at radius 1 is 1.56 bits per heavy atom. The number of piperidine rings is 1. The lowest BCUT2D eigenvalue weighted by Crippen LogP contribution is -2.47. The minimum Gasteiger partial charge on any atom is -0.316 e. The van der Waals surface area contributed by atoms with Crippen molar-refractivity contribution >= 4 is 21.6 Å². The van der Waals surface area contributed by atoms with Crippen LogP contribution in [0.1, 0.15) is 12.8 Å². The van der Waals surface area contributed by atoms with E-state index in [0.717, 1.165) is 12.8 Å². The molecule has 2 heterocycles. The summed E-state index contributed by atoms with van der Waals surface area (Å²) in [5.41, 5.74) is 0. The summed E-state index contributed by atoms with van der Waals surface area (Å²) in [6, 6.07) is 0.195. The number of nitrogens with one attached hydrogen (secondary N) is 1. The van der Waals surface area contributed by atoms with Crippen molar-refractivity contribution in [2.75, 3.05) is 20.1 Å². The third kappa shape index (κ3) is 2.40. The lowest BCUT2D eigenvalue weighted by Gasteiger charge is -2.31. The molecule has 1 aliphatic heterocycles. The molecule has 0 radical (unpaired) electrons. The van der Waals surface area contributed by atoms with Gasteiger partial charge in [-0.25, -0.2) is 8.42 Å². The molecule has 1 aromatic heterocycles. The molecule has 1 unspecified atom stereocenters. The van der Waals surface area contributed by atoms with Crippen molar-refractivity contribution in [2.24, 2.45) is 7.05 Å². The second-order valence-corrected chi connectivity index (χ2v) is 6.67. The minimum atomic E-state index is -3.56. The summed E-state index contributed by atoms with van der Waals surface area (Å²) < 4.78 is 27.8. The van der Waals surface area contributed by atoms with Gasteiger partial charge in [0.1, 0.15) is 0 Å². The fourth-order valence-corrected chi connectivity index (χ4v) is 4.34. The highest BCUT2D eigenvalue weighted by Gasteiger charge is 2.33. The summed E-state index contributed by atoms with van der Waals surface area (Å²) in [7, 11) is -0.135. The number of aromatic nitrogens is 2. The van der Waals surface area contributed by atoms with Crippen LogP contribution in [0.4, 0.5) is 0 Å². The molecular weight excluding hydrogens is 276 g/mol. The van der Waals surface area contributed by atoms with Crippen LogP contribution >= 0.6 is 11.6 Å². The molecule has 0 amide bonds. The van der Waals surface area contributed by atoms with Crippen molar-refractivity contribution in [1.29, 1.82) is 0 Å². The van der Waals surface area contributed by atoms with Crippen LogP contribution in [-0.2, 0) is 17.1 Å². The van der Waals surface area contributed by atoms with Crippen LogP contribution in [0, 0.1) is 0 Å². The second kappa shape index (κ2) is 5.16. The fraction of sp³-hybridized carbons (Fsp3) is 0.700. The summed E-state index contributed by atoms with van der Waals surface area (Å²) in [6.07, 6.45) is 3.19. The third-order valence-electron chi connectivity index (χ3n) is 3.22. The largest absolute Gasteiger partial charge is 0.316 e. The molecule has 1 saturated heterocycles. The van der Waals surface area contributed by atoms with Gasteiger partial charge in [-0.15, -0.1) is 0 Å². The number of aryl methyl sites for hydroxylation is 1. The number of halogens is 1. The van der Waals surface area contributed by atoms with Gasteiger partial charge in [0.25, 0.3) is 10.0 Å². The van der Waals surface area contributed by atoms with Gasteiger partial charge in [-0.1, -0.05) is 11.6 Å². The Hall–Kier alpha value is -0.630. The second-order valence-electron chi connectivity index (χ2n) is 4.41. The average molecular weight is 293 g/mol. The molecule has 0 bridgehead atoms. The van der Waals surface area contributed by atoms with Crippen molar-refractivity contribution in [3.05, 3.63) is 11.2 Å². The molecule has 0 aliphatic carbocycles. The lowest BCUT2D eigenvalue weighted by atomic mass is 10.1. The summed E-state index contributed by atoms with van der Waals surface area (Å²) in [5.74, 6) is 0. The Morgan fingerprint density at radius 3 is 2.83 bits per heavy atom. The van der Waals surface area contributed by atoms with E-state index in [4.69, 9.17) is 11.6 Å². The quantitative estimate of drug-likeness (QED) is 0.878. The van der Waals surface area contributed by atoms with Crippen molar-refractivity contribution in [1.82, 2.24) is 19.4 Å². The normalized spacial score (nSPS) is 22.3. The molecule has 0 saturated carbocycles. The number of nitrogens with zero attached hydrogens (tertiary/aromatic N) is 3. The Kier molecular flexibility index (Phi) is 3.96. The summed E-state index contributed by atoms with van der Waals surface area (Å²) >= 11 is 5.91. The summed E-state index contributed by atoms with van der Waals surface area (Å²) in [4.78, 5) is 0. The lowest BCUT2D eigenvalue weighted by molar-refractivity contribution is 0.291. The molecule has 0 spiro atoms. The van der Waals surface area contributed by atoms with Crippen LogP contribution in [0.3, 0.4) is 0 Å². The summed E-state index contributed by atoms with van der Waals surface area (Å²) in [6.45, 7) is 1.00. The predicted molar refractivity (Wildman–Crippen MR) is 69.1 cm³/mol. The molecule has 1 fully saturated rings. The van der Waals surface area contributed by atoms with Crippen LogP contribution in [0.15, 0.2) is 11.2 Å². The Balaban J connectivity index is 2.31. The fourth-order valence-electron chi connectivity index (χ4n) is 2.21. The Bertz CT molecular complexity index is 508. The van der Waals surface area contributed by atoms with Crippen molar-refractivity contribution in [3.63, 3.8) is 0 Å². The van der Waals surface area contributed by atoms with Crippen LogP contribution < -0.4 is 5.32 Å². The zero-order valence-corrected chi connectivity index (χ0v) is 12.0. The zero-order valence-electron chi connectivity index (χ0n) is 10.4. The molecule has 102 valence electrons. The SMILES string of the molecule is CNC1CCCN(S(=O)(=O)c2c(Cl)cnn2C)C1. The number of sulfonamides is 1. The summed E-state index contributed by atoms with van der Waals surface area (Å²) in [5, 5.41) is 7.24. The van der Waals surface area contributed by atoms with Gasteiger partial charge in [-0.2, -0.15) is 9.40 Å². The minimum absolute atomic E-state index is 0.0703. The molecule has 1 aromatic rings. The zero-order chi connectivity index (χ0) is 13.3. The first-order valence-electron chi connectivity index (χ1n) is 5.81. The highest BCUT2D eigenvalue weighted by Crippen LogP contribution is 2.25. The molecule has 8 heteroatoms. The molecule has 1 N–H and O–H groups in total. The Labute approximate surface area is 112 Å². The van der Waals surface area contributed by atoms with Crippen LogP contribution in [0.25, 0.3) is 0 Å². The van der Waals surface area contributed by atoms with E-state index in [1.807, 2.05) is 7.05 Å². The number of hydrogen-bond donors (Lipinski definition) is 1. The highest BCUT2D eigenvalue weighted by atomic mass is 35.5. The number of hydrogen-bond acceptors (Lipinski definition) is 4. The standard InChI is InChI=1S/C10H17ClN4O2S/c1-12-8-4-3-5-15(7-8)18(16,17)10-9(11)6-13-14(10)2/h6,8,12H,3-5,7H2,1-2H3.